The van der Waals surface area contributed by atoms with E-state index in [0.29, 0.717) is 11.5 Å². The van der Waals surface area contributed by atoms with Gasteiger partial charge in [0.15, 0.2) is 0 Å². The zero-order chi connectivity index (χ0) is 20.8. The van der Waals surface area contributed by atoms with E-state index in [4.69, 9.17) is 0 Å². The standard InChI is InChI=1S/C23H27N5O/c1-5-28(6-2)20-10-11-21(17(4)13-20)27-22(29)18-14-24-23(25-15-18)26-19-9-7-8-16(3)12-19/h7-15H,5-6H2,1-4H3,(H,27,29)(H,24,25,26). The second kappa shape index (κ2) is 9.19. The van der Waals surface area contributed by atoms with Crippen LogP contribution in [0.2, 0.25) is 0 Å². The minimum Gasteiger partial charge on any atom is -0.372 e. The van der Waals surface area contributed by atoms with E-state index in [1.807, 2.05) is 50.2 Å². The maximum atomic E-state index is 12.6. The predicted molar refractivity (Wildman–Crippen MR) is 119 cm³/mol. The van der Waals surface area contributed by atoms with Gasteiger partial charge in [-0.3, -0.25) is 4.79 Å². The van der Waals surface area contributed by atoms with Crippen molar-refractivity contribution in [3.63, 3.8) is 0 Å². The number of benzene rings is 2. The molecule has 3 rings (SSSR count). The Kier molecular flexibility index (Phi) is 6.44. The Labute approximate surface area is 172 Å². The number of nitrogens with one attached hydrogen (secondary N) is 2. The van der Waals surface area contributed by atoms with E-state index in [-0.39, 0.29) is 5.91 Å². The van der Waals surface area contributed by atoms with Gasteiger partial charge in [0, 0.05) is 42.5 Å². The molecule has 0 bridgehead atoms. The Morgan fingerprint density at radius 1 is 1.00 bits per heavy atom. The highest BCUT2D eigenvalue weighted by atomic mass is 16.1. The quantitative estimate of drug-likeness (QED) is 0.599. The molecule has 0 atom stereocenters. The van der Waals surface area contributed by atoms with Crippen molar-refractivity contribution in [3.8, 4) is 0 Å². The van der Waals surface area contributed by atoms with Crippen LogP contribution in [0, 0.1) is 13.8 Å². The minimum atomic E-state index is -0.231. The first-order valence-corrected chi connectivity index (χ1v) is 9.82. The molecular formula is C23H27N5O. The summed E-state index contributed by atoms with van der Waals surface area (Å²) in [6.07, 6.45) is 3.06. The van der Waals surface area contributed by atoms with Gasteiger partial charge >= 0.3 is 0 Å². The van der Waals surface area contributed by atoms with Crippen LogP contribution in [0.5, 0.6) is 0 Å². The third kappa shape index (κ3) is 5.10. The first-order valence-electron chi connectivity index (χ1n) is 9.82. The highest BCUT2D eigenvalue weighted by Crippen LogP contribution is 2.23. The van der Waals surface area contributed by atoms with E-state index in [1.54, 1.807) is 0 Å². The molecule has 1 aromatic heterocycles. The van der Waals surface area contributed by atoms with Gasteiger partial charge in [-0.2, -0.15) is 0 Å². The number of nitrogens with zero attached hydrogens (tertiary/aromatic N) is 3. The maximum Gasteiger partial charge on any atom is 0.258 e. The summed E-state index contributed by atoms with van der Waals surface area (Å²) >= 11 is 0. The van der Waals surface area contributed by atoms with Crippen molar-refractivity contribution in [1.29, 1.82) is 0 Å². The number of hydrogen-bond donors (Lipinski definition) is 2. The topological polar surface area (TPSA) is 70.2 Å². The molecule has 0 fully saturated rings. The fourth-order valence-corrected chi connectivity index (χ4v) is 3.13. The molecule has 0 spiro atoms. The second-order valence-electron chi connectivity index (χ2n) is 6.92. The van der Waals surface area contributed by atoms with E-state index in [0.717, 1.165) is 41.3 Å². The van der Waals surface area contributed by atoms with E-state index in [9.17, 15) is 4.79 Å². The molecule has 150 valence electrons. The van der Waals surface area contributed by atoms with Gasteiger partial charge in [0.1, 0.15) is 0 Å². The highest BCUT2D eigenvalue weighted by Gasteiger charge is 2.11. The minimum absolute atomic E-state index is 0.231. The Morgan fingerprint density at radius 3 is 2.34 bits per heavy atom. The smallest absolute Gasteiger partial charge is 0.258 e. The normalized spacial score (nSPS) is 10.5. The molecule has 0 aliphatic heterocycles. The Balaban J connectivity index is 1.68. The van der Waals surface area contributed by atoms with Crippen molar-refractivity contribution >= 4 is 28.9 Å². The third-order valence-electron chi connectivity index (χ3n) is 4.78. The Bertz CT molecular complexity index is 981. The predicted octanol–water partition coefficient (Wildman–Crippen LogP) is 4.94. The molecular weight excluding hydrogens is 362 g/mol. The summed E-state index contributed by atoms with van der Waals surface area (Å²) in [7, 11) is 0. The molecule has 6 heteroatoms. The fraction of sp³-hybridized carbons (Fsp3) is 0.261. The molecule has 29 heavy (non-hydrogen) atoms. The molecule has 0 saturated carbocycles. The monoisotopic (exact) mass is 389 g/mol. The molecule has 0 aliphatic carbocycles. The van der Waals surface area contributed by atoms with Crippen molar-refractivity contribution in [2.24, 2.45) is 0 Å². The lowest BCUT2D eigenvalue weighted by atomic mass is 10.1. The first-order chi connectivity index (χ1) is 14.0. The summed E-state index contributed by atoms with van der Waals surface area (Å²) in [5.74, 6) is 0.220. The van der Waals surface area contributed by atoms with Crippen LogP contribution in [-0.4, -0.2) is 29.0 Å². The fourth-order valence-electron chi connectivity index (χ4n) is 3.13. The Hall–Kier alpha value is -3.41. The Morgan fingerprint density at radius 2 is 1.72 bits per heavy atom. The molecule has 3 aromatic rings. The number of amides is 1. The van der Waals surface area contributed by atoms with Gasteiger partial charge in [-0.15, -0.1) is 0 Å². The van der Waals surface area contributed by atoms with Gasteiger partial charge in [-0.25, -0.2) is 9.97 Å². The molecule has 1 amide bonds. The maximum absolute atomic E-state index is 12.6. The van der Waals surface area contributed by atoms with Gasteiger partial charge in [0.05, 0.1) is 5.56 Å². The lowest BCUT2D eigenvalue weighted by Crippen LogP contribution is -2.22. The number of aryl methyl sites for hydroxylation is 2. The molecule has 0 radical (unpaired) electrons. The van der Waals surface area contributed by atoms with Gasteiger partial charge in [0.2, 0.25) is 5.95 Å². The van der Waals surface area contributed by atoms with Crippen LogP contribution < -0.4 is 15.5 Å². The summed E-state index contributed by atoms with van der Waals surface area (Å²) in [5, 5.41) is 6.09. The van der Waals surface area contributed by atoms with Crippen LogP contribution in [-0.2, 0) is 0 Å². The number of aromatic nitrogens is 2. The molecule has 0 unspecified atom stereocenters. The number of hydrogen-bond acceptors (Lipinski definition) is 5. The van der Waals surface area contributed by atoms with Gasteiger partial charge in [-0.1, -0.05) is 12.1 Å². The molecule has 2 N–H and O–H groups in total. The highest BCUT2D eigenvalue weighted by molar-refractivity contribution is 6.04. The van der Waals surface area contributed by atoms with Gasteiger partial charge in [0.25, 0.3) is 5.91 Å². The molecule has 0 saturated heterocycles. The summed E-state index contributed by atoms with van der Waals surface area (Å²) in [6, 6.07) is 14.0. The van der Waals surface area contributed by atoms with E-state index in [2.05, 4.69) is 45.4 Å². The average molecular weight is 390 g/mol. The largest absolute Gasteiger partial charge is 0.372 e. The van der Waals surface area contributed by atoms with Crippen LogP contribution in [0.25, 0.3) is 0 Å². The van der Waals surface area contributed by atoms with Crippen molar-refractivity contribution in [2.45, 2.75) is 27.7 Å². The molecule has 6 nitrogen and oxygen atoms in total. The van der Waals surface area contributed by atoms with Crippen LogP contribution >= 0.6 is 0 Å². The average Bonchev–Trinajstić information content (AvgIpc) is 2.71. The summed E-state index contributed by atoms with van der Waals surface area (Å²) in [6.45, 7) is 10.2. The zero-order valence-electron chi connectivity index (χ0n) is 17.4. The SMILES string of the molecule is CCN(CC)c1ccc(NC(=O)c2cnc(Nc3cccc(C)c3)nc2)c(C)c1. The molecule has 2 aromatic carbocycles. The van der Waals surface area contributed by atoms with E-state index in [1.165, 1.54) is 12.4 Å². The lowest BCUT2D eigenvalue weighted by molar-refractivity contribution is 0.102. The summed E-state index contributed by atoms with van der Waals surface area (Å²) in [4.78, 5) is 23.4. The van der Waals surface area contributed by atoms with Crippen LogP contribution in [0.1, 0.15) is 35.3 Å². The van der Waals surface area contributed by atoms with Crippen molar-refractivity contribution in [2.75, 3.05) is 28.6 Å². The number of rotatable bonds is 7. The zero-order valence-corrected chi connectivity index (χ0v) is 17.4. The number of carbonyl (C=O) groups excluding carboxylic acids is 1. The van der Waals surface area contributed by atoms with Crippen molar-refractivity contribution < 1.29 is 4.79 Å². The molecule has 1 heterocycles. The molecule has 0 aliphatic rings. The third-order valence-corrected chi connectivity index (χ3v) is 4.78. The second-order valence-corrected chi connectivity index (χ2v) is 6.92. The number of carbonyl (C=O) groups is 1. The summed E-state index contributed by atoms with van der Waals surface area (Å²) in [5.41, 5.74) is 5.42. The van der Waals surface area contributed by atoms with E-state index >= 15 is 0 Å². The van der Waals surface area contributed by atoms with Crippen molar-refractivity contribution in [1.82, 2.24) is 9.97 Å². The van der Waals surface area contributed by atoms with Gasteiger partial charge < -0.3 is 15.5 Å². The summed E-state index contributed by atoms with van der Waals surface area (Å²) < 4.78 is 0. The lowest BCUT2D eigenvalue weighted by Gasteiger charge is -2.22. The number of anilines is 4. The van der Waals surface area contributed by atoms with Crippen LogP contribution in [0.15, 0.2) is 54.9 Å². The first kappa shape index (κ1) is 20.3. The van der Waals surface area contributed by atoms with Crippen molar-refractivity contribution in [3.05, 3.63) is 71.5 Å². The van der Waals surface area contributed by atoms with E-state index < -0.39 is 0 Å². The van der Waals surface area contributed by atoms with Crippen LogP contribution in [0.3, 0.4) is 0 Å². The van der Waals surface area contributed by atoms with Crippen LogP contribution in [0.4, 0.5) is 23.0 Å². The van der Waals surface area contributed by atoms with Gasteiger partial charge in [-0.05, 0) is 69.2 Å².